The predicted octanol–water partition coefficient (Wildman–Crippen LogP) is 3.24. The summed E-state index contributed by atoms with van der Waals surface area (Å²) in [4.78, 5) is 44.9. The van der Waals surface area contributed by atoms with E-state index in [1.54, 1.807) is 15.9 Å². The van der Waals surface area contributed by atoms with Gasteiger partial charge in [0.05, 0.1) is 18.1 Å². The molecule has 202 valence electrons. The van der Waals surface area contributed by atoms with Crippen LogP contribution in [0.2, 0.25) is 0 Å². The van der Waals surface area contributed by atoms with Crippen molar-refractivity contribution in [2.45, 2.75) is 95.4 Å². The summed E-state index contributed by atoms with van der Waals surface area (Å²) in [5.74, 6) is -2.25. The molecule has 0 radical (unpaired) electrons. The maximum atomic E-state index is 14.1. The Hall–Kier alpha value is -2.19. The first kappa shape index (κ1) is 28.4. The van der Waals surface area contributed by atoms with Crippen molar-refractivity contribution in [3.8, 4) is 0 Å². The van der Waals surface area contributed by atoms with Crippen molar-refractivity contribution in [3.63, 3.8) is 0 Å². The minimum absolute atomic E-state index is 0.0139. The molecule has 0 aromatic heterocycles. The fraction of sp³-hybridized carbons (Fsp3) is 0.750. The van der Waals surface area contributed by atoms with Crippen LogP contribution >= 0.6 is 0 Å². The number of aliphatic hydroxyl groups excluding tert-OH is 1. The Morgan fingerprint density at radius 2 is 1.97 bits per heavy atom. The van der Waals surface area contributed by atoms with Crippen molar-refractivity contribution in [2.75, 3.05) is 26.3 Å². The van der Waals surface area contributed by atoms with Crippen LogP contribution in [0, 0.1) is 11.8 Å². The Bertz CT molecular complexity index is 844. The van der Waals surface area contributed by atoms with Crippen LogP contribution in [0.1, 0.15) is 72.1 Å². The van der Waals surface area contributed by atoms with Crippen LogP contribution in [0.4, 0.5) is 0 Å². The summed E-state index contributed by atoms with van der Waals surface area (Å²) in [6.07, 6.45) is 8.82. The highest BCUT2D eigenvalue weighted by atomic mass is 16.6. The van der Waals surface area contributed by atoms with E-state index in [2.05, 4.69) is 13.2 Å². The van der Waals surface area contributed by atoms with Gasteiger partial charge in [0, 0.05) is 25.7 Å². The number of carbonyl (C=O) groups is 3. The van der Waals surface area contributed by atoms with Gasteiger partial charge in [0.15, 0.2) is 0 Å². The molecular formula is C28H44N2O6. The Balaban J connectivity index is 1.96. The lowest BCUT2D eigenvalue weighted by molar-refractivity contribution is -0.162. The largest absolute Gasteiger partial charge is 0.465 e. The molecule has 2 amide bonds. The quantitative estimate of drug-likeness (QED) is 0.209. The molecule has 0 saturated carbocycles. The molecule has 3 rings (SSSR count). The van der Waals surface area contributed by atoms with E-state index < -0.39 is 35.0 Å². The number of hydrogen-bond donors (Lipinski definition) is 1. The Kier molecular flexibility index (Phi) is 9.39. The summed E-state index contributed by atoms with van der Waals surface area (Å²) in [6.45, 7) is 14.4. The SMILES string of the molecule is C=CCCCCOC(=O)[C@H]1[C@H]2C(=O)N(CCCCO)C(C(=O)N(CC=C)C(C)C)C23CC[C@]1(CC)O3. The molecular weight excluding hydrogens is 460 g/mol. The summed E-state index contributed by atoms with van der Waals surface area (Å²) in [6, 6.07) is -0.898. The first-order chi connectivity index (χ1) is 17.2. The average molecular weight is 505 g/mol. The van der Waals surface area contributed by atoms with Gasteiger partial charge in [-0.25, -0.2) is 0 Å². The van der Waals surface area contributed by atoms with Crippen molar-refractivity contribution in [1.82, 2.24) is 9.80 Å². The number of allylic oxidation sites excluding steroid dienone is 1. The molecule has 2 unspecified atom stereocenters. The number of ether oxygens (including phenoxy) is 2. The van der Waals surface area contributed by atoms with Gasteiger partial charge in [0.2, 0.25) is 11.8 Å². The number of likely N-dealkylation sites (tertiary alicyclic amines) is 1. The normalized spacial score (nSPS) is 30.5. The predicted molar refractivity (Wildman–Crippen MR) is 137 cm³/mol. The second-order valence-electron chi connectivity index (χ2n) is 10.6. The van der Waals surface area contributed by atoms with Crippen LogP contribution in [-0.2, 0) is 23.9 Å². The second-order valence-corrected chi connectivity index (χ2v) is 10.6. The fourth-order valence-corrected chi connectivity index (χ4v) is 6.50. The van der Waals surface area contributed by atoms with Crippen molar-refractivity contribution in [3.05, 3.63) is 25.3 Å². The Morgan fingerprint density at radius 3 is 2.58 bits per heavy atom. The molecule has 1 N–H and O–H groups in total. The van der Waals surface area contributed by atoms with Gasteiger partial charge in [0.1, 0.15) is 17.6 Å². The van der Waals surface area contributed by atoms with E-state index in [4.69, 9.17) is 9.47 Å². The van der Waals surface area contributed by atoms with Crippen LogP contribution in [0.25, 0.3) is 0 Å². The number of hydrogen-bond acceptors (Lipinski definition) is 6. The molecule has 3 fully saturated rings. The molecule has 3 heterocycles. The molecule has 36 heavy (non-hydrogen) atoms. The summed E-state index contributed by atoms with van der Waals surface area (Å²) >= 11 is 0. The molecule has 0 aromatic carbocycles. The fourth-order valence-electron chi connectivity index (χ4n) is 6.50. The molecule has 8 heteroatoms. The van der Waals surface area contributed by atoms with Crippen LogP contribution in [-0.4, -0.2) is 82.3 Å². The standard InChI is InChI=1S/C28H44N2O6/c1-6-9-10-13-19-35-26(34)22-21-24(32)30(17-11-12-18-31)23(25(33)29(16-7-2)20(4)5)28(21)15-14-27(22,8-3)36-28/h6-7,20-23,31H,1-2,8-19H2,3-5H3/t21-,22+,23?,27-,28?/m0/s1. The van der Waals surface area contributed by atoms with E-state index in [1.165, 1.54) is 0 Å². The third-order valence-electron chi connectivity index (χ3n) is 8.25. The molecule has 0 aliphatic carbocycles. The van der Waals surface area contributed by atoms with Crippen LogP contribution in [0.15, 0.2) is 25.3 Å². The van der Waals surface area contributed by atoms with Gasteiger partial charge < -0.3 is 24.4 Å². The average Bonchev–Trinajstić information content (AvgIpc) is 3.45. The third kappa shape index (κ3) is 4.86. The van der Waals surface area contributed by atoms with Gasteiger partial charge in [-0.1, -0.05) is 19.1 Å². The van der Waals surface area contributed by atoms with E-state index >= 15 is 0 Å². The van der Waals surface area contributed by atoms with Crippen molar-refractivity contribution in [1.29, 1.82) is 0 Å². The maximum Gasteiger partial charge on any atom is 0.312 e. The molecule has 3 aliphatic heterocycles. The lowest BCUT2D eigenvalue weighted by atomic mass is 9.65. The summed E-state index contributed by atoms with van der Waals surface area (Å²) in [5, 5.41) is 9.31. The van der Waals surface area contributed by atoms with E-state index in [0.29, 0.717) is 51.8 Å². The number of unbranched alkanes of at least 4 members (excludes halogenated alkanes) is 3. The van der Waals surface area contributed by atoms with Crippen molar-refractivity contribution < 1.29 is 29.0 Å². The van der Waals surface area contributed by atoms with Crippen molar-refractivity contribution >= 4 is 17.8 Å². The number of aliphatic hydroxyl groups is 1. The van der Waals surface area contributed by atoms with E-state index in [-0.39, 0.29) is 24.5 Å². The number of amides is 2. The van der Waals surface area contributed by atoms with Gasteiger partial charge in [0.25, 0.3) is 0 Å². The monoisotopic (exact) mass is 504 g/mol. The minimum Gasteiger partial charge on any atom is -0.465 e. The highest BCUT2D eigenvalue weighted by Gasteiger charge is 2.79. The van der Waals surface area contributed by atoms with Gasteiger partial charge >= 0.3 is 5.97 Å². The molecule has 5 atom stereocenters. The van der Waals surface area contributed by atoms with Crippen LogP contribution < -0.4 is 0 Å². The zero-order valence-electron chi connectivity index (χ0n) is 22.2. The van der Waals surface area contributed by atoms with Gasteiger partial charge in [-0.2, -0.15) is 0 Å². The molecule has 8 nitrogen and oxygen atoms in total. The second kappa shape index (κ2) is 11.9. The summed E-state index contributed by atoms with van der Waals surface area (Å²) in [7, 11) is 0. The van der Waals surface area contributed by atoms with Crippen LogP contribution in [0.5, 0.6) is 0 Å². The molecule has 2 bridgehead atoms. The lowest BCUT2D eigenvalue weighted by Crippen LogP contribution is -2.57. The minimum atomic E-state index is -1.05. The number of nitrogens with zero attached hydrogens (tertiary/aromatic N) is 2. The number of esters is 1. The van der Waals surface area contributed by atoms with Gasteiger partial charge in [-0.05, 0) is 65.2 Å². The molecule has 3 aliphatic rings. The number of rotatable bonds is 15. The van der Waals surface area contributed by atoms with Gasteiger partial charge in [-0.15, -0.1) is 13.2 Å². The smallest absolute Gasteiger partial charge is 0.312 e. The van der Waals surface area contributed by atoms with Crippen LogP contribution in [0.3, 0.4) is 0 Å². The van der Waals surface area contributed by atoms with Gasteiger partial charge in [-0.3, -0.25) is 14.4 Å². The topological polar surface area (TPSA) is 96.4 Å². The summed E-state index contributed by atoms with van der Waals surface area (Å²) in [5.41, 5.74) is -1.85. The highest BCUT2D eigenvalue weighted by molar-refractivity contribution is 5.98. The Labute approximate surface area is 215 Å². The molecule has 0 aromatic rings. The summed E-state index contributed by atoms with van der Waals surface area (Å²) < 4.78 is 12.4. The first-order valence-corrected chi connectivity index (χ1v) is 13.5. The zero-order chi connectivity index (χ0) is 26.5. The number of carbonyl (C=O) groups excluding carboxylic acids is 3. The maximum absolute atomic E-state index is 14.1. The van der Waals surface area contributed by atoms with E-state index in [9.17, 15) is 19.5 Å². The van der Waals surface area contributed by atoms with E-state index in [0.717, 1.165) is 19.3 Å². The lowest BCUT2D eigenvalue weighted by Gasteiger charge is -2.38. The zero-order valence-corrected chi connectivity index (χ0v) is 22.2. The molecule has 1 spiro atoms. The Morgan fingerprint density at radius 1 is 1.22 bits per heavy atom. The highest BCUT2D eigenvalue weighted by Crippen LogP contribution is 2.64. The first-order valence-electron chi connectivity index (χ1n) is 13.5. The third-order valence-corrected chi connectivity index (χ3v) is 8.25. The molecule has 3 saturated heterocycles. The van der Waals surface area contributed by atoms with E-state index in [1.807, 2.05) is 26.8 Å². The number of fused-ring (bicyclic) bond motifs is 1. The van der Waals surface area contributed by atoms with Crippen molar-refractivity contribution in [2.24, 2.45) is 11.8 Å².